The summed E-state index contributed by atoms with van der Waals surface area (Å²) in [5.74, 6) is -4.49. The monoisotopic (exact) mass is 469 g/mol. The van der Waals surface area contributed by atoms with Crippen molar-refractivity contribution in [3.05, 3.63) is 0 Å². The van der Waals surface area contributed by atoms with Crippen molar-refractivity contribution in [3.63, 3.8) is 0 Å². The maximum Gasteiger partial charge on any atom is 2.00 e. The predicted molar refractivity (Wildman–Crippen MR) is 103 cm³/mol. The van der Waals surface area contributed by atoms with Gasteiger partial charge in [-0.25, -0.2) is 0 Å². The van der Waals surface area contributed by atoms with E-state index in [-0.39, 0.29) is 35.8 Å². The third-order valence-corrected chi connectivity index (χ3v) is 4.62. The zero-order valence-corrected chi connectivity index (χ0v) is 18.9. The molecule has 1 atom stereocenters. The first-order valence-corrected chi connectivity index (χ1v) is 10.4. The van der Waals surface area contributed by atoms with Gasteiger partial charge < -0.3 is 30.2 Å². The van der Waals surface area contributed by atoms with E-state index in [2.05, 4.69) is 12.2 Å². The Morgan fingerprint density at radius 3 is 1.87 bits per heavy atom. The average Bonchev–Trinajstić information content (AvgIpc) is 2.62. The van der Waals surface area contributed by atoms with E-state index in [0.29, 0.717) is 6.42 Å². The average molecular weight is 469 g/mol. The molecule has 2 N–H and O–H groups in total. The number of carboxylic acid groups (broad SMARTS) is 3. The second-order valence-electron chi connectivity index (χ2n) is 7.23. The van der Waals surface area contributed by atoms with E-state index in [1.807, 2.05) is 0 Å². The first-order chi connectivity index (χ1) is 13.8. The molecule has 0 aromatic carbocycles. The second-order valence-corrected chi connectivity index (χ2v) is 7.23. The van der Waals surface area contributed by atoms with E-state index in [0.717, 1.165) is 24.2 Å². The van der Waals surface area contributed by atoms with Crippen molar-refractivity contribution < 1.29 is 51.6 Å². The fourth-order valence-corrected chi connectivity index (χ4v) is 3.15. The van der Waals surface area contributed by atoms with Gasteiger partial charge in [0, 0.05) is 26.1 Å². The summed E-state index contributed by atoms with van der Waals surface area (Å²) in [5, 5.41) is 33.0. The molecule has 0 aromatic heterocycles. The number of unbranched alkanes of at least 4 members (excludes halogenated alkanes) is 8. The molecular formula is C20H34MnN2O7. The Morgan fingerprint density at radius 1 is 0.867 bits per heavy atom. The number of hydrogen-bond acceptors (Lipinski definition) is 8. The van der Waals surface area contributed by atoms with Crippen molar-refractivity contribution in [2.24, 2.45) is 0 Å². The zero-order chi connectivity index (χ0) is 22.1. The van der Waals surface area contributed by atoms with Crippen molar-refractivity contribution in [1.82, 2.24) is 10.2 Å². The number of hydrogen-bond donors (Lipinski definition) is 2. The Hall–Kier alpha value is -1.48. The van der Waals surface area contributed by atoms with Crippen LogP contribution in [-0.4, -0.2) is 65.9 Å². The summed E-state index contributed by atoms with van der Waals surface area (Å²) >= 11 is 0. The van der Waals surface area contributed by atoms with Crippen LogP contribution in [0.4, 0.5) is 0 Å². The standard InChI is InChI=1S/C20H36N2O7.Mn/c1-2-3-4-5-6-7-8-9-10-11-17(23)16(12-21-13-18(24)25)22(14-19(26)27)15-20(28)29;/h16,21H,2-15H2,1H3,(H,24,25)(H,26,27)(H,28,29);/q;+2/p-2. The van der Waals surface area contributed by atoms with Gasteiger partial charge in [-0.1, -0.05) is 58.3 Å². The second kappa shape index (κ2) is 19.5. The van der Waals surface area contributed by atoms with E-state index in [4.69, 9.17) is 5.11 Å². The van der Waals surface area contributed by atoms with Gasteiger partial charge in [-0.05, 0) is 6.42 Å². The molecule has 0 amide bonds. The van der Waals surface area contributed by atoms with Gasteiger partial charge in [-0.15, -0.1) is 0 Å². The van der Waals surface area contributed by atoms with Gasteiger partial charge in [0.25, 0.3) is 0 Å². The topological polar surface area (TPSA) is 150 Å². The molecule has 0 aliphatic carbocycles. The number of nitrogens with zero attached hydrogens (tertiary/aromatic N) is 1. The number of nitrogens with one attached hydrogen (secondary N) is 1. The minimum Gasteiger partial charge on any atom is -0.549 e. The zero-order valence-electron chi connectivity index (χ0n) is 17.7. The van der Waals surface area contributed by atoms with Crippen LogP contribution in [0.2, 0.25) is 0 Å². The molecule has 0 rings (SSSR count). The van der Waals surface area contributed by atoms with Crippen molar-refractivity contribution in [3.8, 4) is 0 Å². The summed E-state index contributed by atoms with van der Waals surface area (Å²) in [7, 11) is 0. The number of Topliss-reactive ketones (excluding diaryl/α,β-unsaturated/α-hetero) is 1. The number of carbonyl (C=O) groups is 4. The van der Waals surface area contributed by atoms with Crippen molar-refractivity contribution in [1.29, 1.82) is 0 Å². The molecule has 10 heteroatoms. The fraction of sp³-hybridized carbons (Fsp3) is 0.800. The Bertz CT molecular complexity index is 501. The molecule has 0 spiro atoms. The van der Waals surface area contributed by atoms with Crippen LogP contribution in [0, 0.1) is 0 Å². The number of rotatable bonds is 20. The number of carboxylic acids is 3. The van der Waals surface area contributed by atoms with Gasteiger partial charge in [0.05, 0.1) is 24.5 Å². The molecule has 30 heavy (non-hydrogen) atoms. The summed E-state index contributed by atoms with van der Waals surface area (Å²) in [6.45, 7) is 0.0877. The molecule has 0 saturated heterocycles. The van der Waals surface area contributed by atoms with Crippen molar-refractivity contribution in [2.75, 3.05) is 26.2 Å². The molecule has 0 aliphatic heterocycles. The molecular weight excluding hydrogens is 435 g/mol. The number of ketones is 1. The normalized spacial score (nSPS) is 11.7. The third-order valence-electron chi connectivity index (χ3n) is 4.62. The molecule has 173 valence electrons. The minimum atomic E-state index is -1.51. The Labute approximate surface area is 189 Å². The summed E-state index contributed by atoms with van der Waals surface area (Å²) in [6, 6.07) is -1.06. The summed E-state index contributed by atoms with van der Waals surface area (Å²) < 4.78 is 0. The van der Waals surface area contributed by atoms with Gasteiger partial charge >= 0.3 is 23.0 Å². The summed E-state index contributed by atoms with van der Waals surface area (Å²) in [5.41, 5.74) is 0. The van der Waals surface area contributed by atoms with E-state index in [9.17, 15) is 29.4 Å². The van der Waals surface area contributed by atoms with E-state index in [1.54, 1.807) is 0 Å². The quantitative estimate of drug-likeness (QED) is 0.175. The van der Waals surface area contributed by atoms with Crippen LogP contribution >= 0.6 is 0 Å². The van der Waals surface area contributed by atoms with Crippen molar-refractivity contribution >= 4 is 23.7 Å². The Kier molecular flexibility index (Phi) is 19.9. The Morgan fingerprint density at radius 2 is 1.40 bits per heavy atom. The number of carbonyl (C=O) groups excluding carboxylic acids is 3. The molecule has 0 fully saturated rings. The predicted octanol–water partition coefficient (Wildman–Crippen LogP) is -0.681. The van der Waals surface area contributed by atoms with Crippen LogP contribution in [0.25, 0.3) is 0 Å². The first kappa shape index (κ1) is 30.7. The van der Waals surface area contributed by atoms with Crippen LogP contribution in [0.1, 0.15) is 71.1 Å². The van der Waals surface area contributed by atoms with E-state index < -0.39 is 43.6 Å². The molecule has 9 nitrogen and oxygen atoms in total. The molecule has 0 heterocycles. The van der Waals surface area contributed by atoms with Crippen LogP contribution in [0.5, 0.6) is 0 Å². The Balaban J connectivity index is 0. The van der Waals surface area contributed by atoms with Crippen LogP contribution < -0.4 is 15.5 Å². The molecule has 0 saturated carbocycles. The fourth-order valence-electron chi connectivity index (χ4n) is 3.15. The summed E-state index contributed by atoms with van der Waals surface area (Å²) in [4.78, 5) is 46.1. The van der Waals surface area contributed by atoms with E-state index in [1.165, 1.54) is 32.1 Å². The van der Waals surface area contributed by atoms with Gasteiger partial charge in [0.15, 0.2) is 5.78 Å². The van der Waals surface area contributed by atoms with Gasteiger partial charge in [0.1, 0.15) is 0 Å². The smallest absolute Gasteiger partial charge is 0.549 e. The molecule has 0 aromatic rings. The van der Waals surface area contributed by atoms with E-state index >= 15 is 0 Å². The molecule has 0 bridgehead atoms. The first-order valence-electron chi connectivity index (χ1n) is 10.4. The van der Waals surface area contributed by atoms with Crippen LogP contribution in [0.15, 0.2) is 0 Å². The van der Waals surface area contributed by atoms with Gasteiger partial charge in [-0.2, -0.15) is 0 Å². The molecule has 0 aliphatic rings. The number of aliphatic carboxylic acids is 3. The molecule has 1 unspecified atom stereocenters. The largest absolute Gasteiger partial charge is 2.00 e. The third kappa shape index (κ3) is 17.4. The maximum atomic E-state index is 12.6. The van der Waals surface area contributed by atoms with Gasteiger partial charge in [-0.3, -0.25) is 14.5 Å². The maximum absolute atomic E-state index is 12.6. The van der Waals surface area contributed by atoms with Crippen molar-refractivity contribution in [2.45, 2.75) is 77.2 Å². The SMILES string of the molecule is CCCCCCCCCCCC(=O)C(CNCC(=O)[O-])N(CC(=O)[O-])CC(=O)O.[Mn+2]. The molecule has 1 radical (unpaired) electrons. The summed E-state index contributed by atoms with van der Waals surface area (Å²) in [6.07, 6.45) is 9.85. The van der Waals surface area contributed by atoms with Gasteiger partial charge in [0.2, 0.25) is 0 Å². The van der Waals surface area contributed by atoms with Crippen LogP contribution in [-0.2, 0) is 36.2 Å². The van der Waals surface area contributed by atoms with Crippen LogP contribution in [0.3, 0.4) is 0 Å². The minimum absolute atomic E-state index is 0.